The summed E-state index contributed by atoms with van der Waals surface area (Å²) in [4.78, 5) is 4.14. The zero-order valence-corrected chi connectivity index (χ0v) is 12.7. The minimum Gasteiger partial charge on any atom is -0.383 e. The molecular weight excluding hydrogens is 257 g/mol. The molecule has 0 amide bonds. The van der Waals surface area contributed by atoms with Crippen LogP contribution >= 0.6 is 0 Å². The Kier molecular flexibility index (Phi) is 6.45. The topological polar surface area (TPSA) is 45.7 Å². The Balaban J connectivity index is 2.58. The van der Waals surface area contributed by atoms with Gasteiger partial charge < -0.3 is 15.4 Å². The zero-order chi connectivity index (χ0) is 15.0. The van der Waals surface area contributed by atoms with E-state index in [-0.39, 0.29) is 11.2 Å². The fourth-order valence-corrected chi connectivity index (χ4v) is 1.81. The van der Waals surface area contributed by atoms with Crippen molar-refractivity contribution in [3.05, 3.63) is 35.6 Å². The molecule has 1 aromatic carbocycles. The van der Waals surface area contributed by atoms with Gasteiger partial charge in [0.25, 0.3) is 0 Å². The van der Waals surface area contributed by atoms with Crippen LogP contribution in [0.2, 0.25) is 0 Å². The predicted octanol–water partition coefficient (Wildman–Crippen LogP) is 1.91. The summed E-state index contributed by atoms with van der Waals surface area (Å²) in [5, 5.41) is 6.39. The molecule has 0 saturated heterocycles. The van der Waals surface area contributed by atoms with Crippen LogP contribution in [0, 0.1) is 5.82 Å². The van der Waals surface area contributed by atoms with Crippen molar-refractivity contribution in [1.82, 2.24) is 10.6 Å². The number of methoxy groups -OCH3 is 1. The molecule has 0 atom stereocenters. The van der Waals surface area contributed by atoms with Gasteiger partial charge in [0, 0.05) is 32.7 Å². The zero-order valence-electron chi connectivity index (χ0n) is 12.7. The molecule has 1 aromatic rings. The first-order valence-corrected chi connectivity index (χ1v) is 6.69. The molecule has 1 rings (SSSR count). The molecule has 0 aliphatic rings. The lowest BCUT2D eigenvalue weighted by Crippen LogP contribution is -2.44. The van der Waals surface area contributed by atoms with Gasteiger partial charge in [0.2, 0.25) is 0 Å². The second-order valence-electron chi connectivity index (χ2n) is 5.24. The van der Waals surface area contributed by atoms with Gasteiger partial charge in [0.1, 0.15) is 5.82 Å². The van der Waals surface area contributed by atoms with Crippen molar-refractivity contribution in [2.24, 2.45) is 4.99 Å². The molecule has 0 unspecified atom stereocenters. The maximum Gasteiger partial charge on any atom is 0.191 e. The smallest absolute Gasteiger partial charge is 0.191 e. The first-order valence-electron chi connectivity index (χ1n) is 6.69. The SMILES string of the molecule is CN=C(NCCOC)NCC(C)(C)c1cccc(F)c1. The molecular formula is C15H24FN3O. The fraction of sp³-hybridized carbons (Fsp3) is 0.533. The fourth-order valence-electron chi connectivity index (χ4n) is 1.81. The number of hydrogen-bond acceptors (Lipinski definition) is 2. The number of hydrogen-bond donors (Lipinski definition) is 2. The van der Waals surface area contributed by atoms with E-state index in [1.54, 1.807) is 26.3 Å². The lowest BCUT2D eigenvalue weighted by atomic mass is 9.84. The Morgan fingerprint density at radius 1 is 1.35 bits per heavy atom. The summed E-state index contributed by atoms with van der Waals surface area (Å²) >= 11 is 0. The quantitative estimate of drug-likeness (QED) is 0.476. The minimum atomic E-state index is -0.210. The van der Waals surface area contributed by atoms with E-state index in [2.05, 4.69) is 29.5 Å². The molecule has 2 N–H and O–H groups in total. The van der Waals surface area contributed by atoms with E-state index in [4.69, 9.17) is 4.74 Å². The van der Waals surface area contributed by atoms with E-state index >= 15 is 0 Å². The van der Waals surface area contributed by atoms with Crippen LogP contribution < -0.4 is 10.6 Å². The number of guanidine groups is 1. The van der Waals surface area contributed by atoms with Crippen LogP contribution in [0.5, 0.6) is 0 Å². The van der Waals surface area contributed by atoms with Gasteiger partial charge >= 0.3 is 0 Å². The monoisotopic (exact) mass is 281 g/mol. The Morgan fingerprint density at radius 2 is 2.10 bits per heavy atom. The van der Waals surface area contributed by atoms with E-state index in [1.165, 1.54) is 6.07 Å². The van der Waals surface area contributed by atoms with Crippen LogP contribution in [0.3, 0.4) is 0 Å². The summed E-state index contributed by atoms with van der Waals surface area (Å²) in [5.41, 5.74) is 0.762. The van der Waals surface area contributed by atoms with E-state index < -0.39 is 0 Å². The van der Waals surface area contributed by atoms with Crippen molar-refractivity contribution in [3.8, 4) is 0 Å². The Morgan fingerprint density at radius 3 is 2.70 bits per heavy atom. The summed E-state index contributed by atoms with van der Waals surface area (Å²) < 4.78 is 18.3. The lowest BCUT2D eigenvalue weighted by molar-refractivity contribution is 0.203. The highest BCUT2D eigenvalue weighted by atomic mass is 19.1. The van der Waals surface area contributed by atoms with Gasteiger partial charge in [0.15, 0.2) is 5.96 Å². The van der Waals surface area contributed by atoms with Crippen molar-refractivity contribution in [2.75, 3.05) is 33.9 Å². The minimum absolute atomic E-state index is 0.193. The molecule has 0 radical (unpaired) electrons. The van der Waals surface area contributed by atoms with Crippen LogP contribution in [0.4, 0.5) is 4.39 Å². The highest BCUT2D eigenvalue weighted by molar-refractivity contribution is 5.79. The van der Waals surface area contributed by atoms with E-state index in [9.17, 15) is 4.39 Å². The predicted molar refractivity (Wildman–Crippen MR) is 80.7 cm³/mol. The molecule has 5 heteroatoms. The summed E-state index contributed by atoms with van der Waals surface area (Å²) in [6.07, 6.45) is 0. The average Bonchev–Trinajstić information content (AvgIpc) is 2.42. The molecule has 20 heavy (non-hydrogen) atoms. The third-order valence-corrected chi connectivity index (χ3v) is 3.13. The Labute approximate surface area is 120 Å². The largest absolute Gasteiger partial charge is 0.383 e. The summed E-state index contributed by atoms with van der Waals surface area (Å²) in [5.74, 6) is 0.504. The number of aliphatic imine (C=N–C) groups is 1. The molecule has 0 aliphatic carbocycles. The molecule has 4 nitrogen and oxygen atoms in total. The summed E-state index contributed by atoms with van der Waals surface area (Å²) in [6, 6.07) is 6.70. The molecule has 0 fully saturated rings. The molecule has 0 heterocycles. The van der Waals surface area contributed by atoms with Crippen LogP contribution in [0.25, 0.3) is 0 Å². The molecule has 112 valence electrons. The van der Waals surface area contributed by atoms with E-state index in [0.717, 1.165) is 5.56 Å². The van der Waals surface area contributed by atoms with Crippen LogP contribution in [-0.2, 0) is 10.2 Å². The third kappa shape index (κ3) is 5.17. The number of rotatable bonds is 6. The molecule has 0 spiro atoms. The van der Waals surface area contributed by atoms with Crippen LogP contribution in [-0.4, -0.2) is 39.8 Å². The highest BCUT2D eigenvalue weighted by Gasteiger charge is 2.21. The van der Waals surface area contributed by atoms with Crippen molar-refractivity contribution in [3.63, 3.8) is 0 Å². The number of ether oxygens (including phenoxy) is 1. The first kappa shape index (κ1) is 16.4. The van der Waals surface area contributed by atoms with Gasteiger partial charge in [-0.2, -0.15) is 0 Å². The van der Waals surface area contributed by atoms with Gasteiger partial charge in [0.05, 0.1) is 6.61 Å². The molecule has 0 aliphatic heterocycles. The Bertz CT molecular complexity index is 446. The maximum atomic E-state index is 13.3. The Hall–Kier alpha value is -1.62. The number of benzene rings is 1. The molecule has 0 aromatic heterocycles. The van der Waals surface area contributed by atoms with Crippen LogP contribution in [0.1, 0.15) is 19.4 Å². The van der Waals surface area contributed by atoms with Crippen molar-refractivity contribution in [2.45, 2.75) is 19.3 Å². The van der Waals surface area contributed by atoms with Gasteiger partial charge in [-0.05, 0) is 17.7 Å². The van der Waals surface area contributed by atoms with Crippen molar-refractivity contribution >= 4 is 5.96 Å². The summed E-state index contributed by atoms with van der Waals surface area (Å²) in [6.45, 7) is 6.10. The molecule has 0 bridgehead atoms. The standard InChI is InChI=1S/C15H24FN3O/c1-15(2,12-6-5-7-13(16)10-12)11-19-14(17-3)18-8-9-20-4/h5-7,10H,8-9,11H2,1-4H3,(H2,17,18,19). The average molecular weight is 281 g/mol. The van der Waals surface area contributed by atoms with E-state index in [1.807, 2.05) is 6.07 Å². The number of nitrogens with one attached hydrogen (secondary N) is 2. The third-order valence-electron chi connectivity index (χ3n) is 3.13. The van der Waals surface area contributed by atoms with Gasteiger partial charge in [-0.1, -0.05) is 26.0 Å². The number of nitrogens with zero attached hydrogens (tertiary/aromatic N) is 1. The van der Waals surface area contributed by atoms with Crippen molar-refractivity contribution in [1.29, 1.82) is 0 Å². The lowest BCUT2D eigenvalue weighted by Gasteiger charge is -2.26. The molecule has 0 saturated carbocycles. The first-order chi connectivity index (χ1) is 9.49. The number of halogens is 1. The van der Waals surface area contributed by atoms with E-state index in [0.29, 0.717) is 25.7 Å². The van der Waals surface area contributed by atoms with Crippen LogP contribution in [0.15, 0.2) is 29.3 Å². The second kappa shape index (κ2) is 7.85. The van der Waals surface area contributed by atoms with Gasteiger partial charge in [-0.25, -0.2) is 4.39 Å². The van der Waals surface area contributed by atoms with Gasteiger partial charge in [-0.3, -0.25) is 4.99 Å². The second-order valence-corrected chi connectivity index (χ2v) is 5.24. The van der Waals surface area contributed by atoms with Gasteiger partial charge in [-0.15, -0.1) is 0 Å². The summed E-state index contributed by atoms with van der Waals surface area (Å²) in [7, 11) is 3.38. The van der Waals surface area contributed by atoms with Crippen molar-refractivity contribution < 1.29 is 9.13 Å². The maximum absolute atomic E-state index is 13.3. The highest BCUT2D eigenvalue weighted by Crippen LogP contribution is 2.22. The normalized spacial score (nSPS) is 12.3.